The first-order chi connectivity index (χ1) is 11.9. The Balaban J connectivity index is 1.76. The second kappa shape index (κ2) is 6.67. The minimum Gasteiger partial charge on any atom is -0.325 e. The van der Waals surface area contributed by atoms with E-state index in [2.05, 4.69) is 5.32 Å². The van der Waals surface area contributed by atoms with E-state index >= 15 is 0 Å². The second-order valence-electron chi connectivity index (χ2n) is 6.57. The van der Waals surface area contributed by atoms with Gasteiger partial charge in [0.15, 0.2) is 0 Å². The molecule has 4 nitrogen and oxygen atoms in total. The van der Waals surface area contributed by atoms with Gasteiger partial charge in [-0.05, 0) is 68.1 Å². The molecular formula is C20H21FN2O2. The van der Waals surface area contributed by atoms with Crippen LogP contribution in [-0.2, 0) is 9.59 Å². The number of halogens is 1. The fourth-order valence-electron chi connectivity index (χ4n) is 3.04. The summed E-state index contributed by atoms with van der Waals surface area (Å²) in [6.07, 6.45) is 0.378. The maximum absolute atomic E-state index is 14.1. The number of anilines is 2. The Morgan fingerprint density at radius 2 is 1.88 bits per heavy atom. The van der Waals surface area contributed by atoms with Gasteiger partial charge in [0.05, 0.1) is 5.69 Å². The fraction of sp³-hybridized carbons (Fsp3) is 0.300. The Labute approximate surface area is 146 Å². The highest BCUT2D eigenvalue weighted by atomic mass is 19.1. The molecule has 1 N–H and O–H groups in total. The van der Waals surface area contributed by atoms with Crippen LogP contribution in [0.5, 0.6) is 0 Å². The van der Waals surface area contributed by atoms with Crippen molar-refractivity contribution < 1.29 is 14.0 Å². The molecule has 0 spiro atoms. The molecule has 0 bridgehead atoms. The van der Waals surface area contributed by atoms with Crippen molar-refractivity contribution in [3.63, 3.8) is 0 Å². The van der Waals surface area contributed by atoms with Gasteiger partial charge >= 0.3 is 0 Å². The first-order valence-electron chi connectivity index (χ1n) is 8.32. The molecular weight excluding hydrogens is 319 g/mol. The van der Waals surface area contributed by atoms with Crippen LogP contribution in [0.1, 0.15) is 23.1 Å². The van der Waals surface area contributed by atoms with E-state index in [1.165, 1.54) is 11.0 Å². The first kappa shape index (κ1) is 17.1. The molecule has 1 atom stereocenters. The zero-order valence-corrected chi connectivity index (χ0v) is 14.6. The van der Waals surface area contributed by atoms with Gasteiger partial charge in [0.25, 0.3) is 0 Å². The van der Waals surface area contributed by atoms with Gasteiger partial charge in [-0.25, -0.2) is 4.39 Å². The molecule has 1 aliphatic heterocycles. The number of nitrogens with one attached hydrogen (secondary N) is 1. The number of carbonyl (C=O) groups excluding carboxylic acids is 2. The summed E-state index contributed by atoms with van der Waals surface area (Å²) < 4.78 is 14.1. The molecule has 0 unspecified atom stereocenters. The van der Waals surface area contributed by atoms with Gasteiger partial charge in [0.1, 0.15) is 11.7 Å². The van der Waals surface area contributed by atoms with Crippen LogP contribution in [0.3, 0.4) is 0 Å². The first-order valence-corrected chi connectivity index (χ1v) is 8.32. The highest BCUT2D eigenvalue weighted by Gasteiger charge is 2.38. The zero-order valence-electron chi connectivity index (χ0n) is 14.6. The van der Waals surface area contributed by atoms with Crippen LogP contribution in [0.2, 0.25) is 0 Å². The maximum Gasteiger partial charge on any atom is 0.239 e. The van der Waals surface area contributed by atoms with Crippen LogP contribution in [0, 0.1) is 32.5 Å². The predicted molar refractivity (Wildman–Crippen MR) is 96.1 cm³/mol. The summed E-state index contributed by atoms with van der Waals surface area (Å²) in [5.41, 5.74) is 3.98. The monoisotopic (exact) mass is 340 g/mol. The van der Waals surface area contributed by atoms with Gasteiger partial charge in [-0.3, -0.25) is 9.59 Å². The molecule has 1 fully saturated rings. The molecule has 0 radical (unpaired) electrons. The van der Waals surface area contributed by atoms with E-state index in [1.54, 1.807) is 12.1 Å². The number of hydrogen-bond donors (Lipinski definition) is 1. The van der Waals surface area contributed by atoms with E-state index < -0.39 is 11.7 Å². The Morgan fingerprint density at radius 1 is 1.12 bits per heavy atom. The summed E-state index contributed by atoms with van der Waals surface area (Å²) in [7, 11) is 0. The molecule has 2 amide bonds. The Hall–Kier alpha value is -2.69. The van der Waals surface area contributed by atoms with Crippen molar-refractivity contribution in [1.82, 2.24) is 0 Å². The second-order valence-corrected chi connectivity index (χ2v) is 6.57. The van der Waals surface area contributed by atoms with E-state index in [4.69, 9.17) is 0 Å². The Kier molecular flexibility index (Phi) is 4.57. The van der Waals surface area contributed by atoms with Crippen LogP contribution in [0.15, 0.2) is 36.4 Å². The summed E-state index contributed by atoms with van der Waals surface area (Å²) in [5.74, 6) is -1.94. The number of benzene rings is 2. The zero-order chi connectivity index (χ0) is 18.1. The van der Waals surface area contributed by atoms with Crippen LogP contribution < -0.4 is 10.2 Å². The van der Waals surface area contributed by atoms with Crippen molar-refractivity contribution in [3.8, 4) is 0 Å². The Morgan fingerprint density at radius 3 is 2.60 bits per heavy atom. The number of carbonyl (C=O) groups is 2. The van der Waals surface area contributed by atoms with E-state index in [0.717, 1.165) is 16.7 Å². The third kappa shape index (κ3) is 3.40. The highest BCUT2D eigenvalue weighted by Crippen LogP contribution is 2.29. The number of nitrogens with zero attached hydrogens (tertiary/aromatic N) is 1. The average molecular weight is 340 g/mol. The lowest BCUT2D eigenvalue weighted by molar-refractivity contribution is -0.129. The minimum absolute atomic E-state index is 0.242. The molecule has 0 saturated carbocycles. The van der Waals surface area contributed by atoms with E-state index in [9.17, 15) is 14.0 Å². The maximum atomic E-state index is 14.1. The minimum atomic E-state index is -0.790. The predicted octanol–water partition coefficient (Wildman–Crippen LogP) is 3.74. The molecule has 25 heavy (non-hydrogen) atoms. The van der Waals surface area contributed by atoms with E-state index in [1.807, 2.05) is 39.0 Å². The van der Waals surface area contributed by atoms with Crippen molar-refractivity contribution in [2.24, 2.45) is 5.92 Å². The average Bonchev–Trinajstić information content (AvgIpc) is 2.95. The quantitative estimate of drug-likeness (QED) is 0.865. The number of amides is 2. The highest BCUT2D eigenvalue weighted by molar-refractivity contribution is 6.13. The van der Waals surface area contributed by atoms with Gasteiger partial charge in [-0.2, -0.15) is 0 Å². The van der Waals surface area contributed by atoms with Gasteiger partial charge in [-0.15, -0.1) is 0 Å². The van der Waals surface area contributed by atoms with Crippen molar-refractivity contribution in [2.45, 2.75) is 27.2 Å². The lowest BCUT2D eigenvalue weighted by Gasteiger charge is -2.18. The topological polar surface area (TPSA) is 49.4 Å². The molecule has 0 aliphatic carbocycles. The third-order valence-electron chi connectivity index (χ3n) is 4.69. The van der Waals surface area contributed by atoms with Crippen LogP contribution >= 0.6 is 0 Å². The summed E-state index contributed by atoms with van der Waals surface area (Å²) in [5, 5.41) is 2.80. The SMILES string of the molecule is Cc1ccc(F)c(N2CC[C@H](C(=O)Nc3ccc(C)c(C)c3)C2=O)c1. The molecule has 1 heterocycles. The fourth-order valence-corrected chi connectivity index (χ4v) is 3.04. The molecule has 0 aromatic heterocycles. The van der Waals surface area contributed by atoms with Crippen molar-refractivity contribution >= 4 is 23.2 Å². The van der Waals surface area contributed by atoms with Crippen molar-refractivity contribution in [3.05, 3.63) is 58.9 Å². The molecule has 5 heteroatoms. The smallest absolute Gasteiger partial charge is 0.239 e. The van der Waals surface area contributed by atoms with Crippen LogP contribution in [0.4, 0.5) is 15.8 Å². The lowest BCUT2D eigenvalue weighted by Crippen LogP contribution is -2.33. The van der Waals surface area contributed by atoms with Gasteiger partial charge < -0.3 is 10.2 Å². The summed E-state index contributed by atoms with van der Waals surface area (Å²) in [6.45, 7) is 6.14. The summed E-state index contributed by atoms with van der Waals surface area (Å²) >= 11 is 0. The molecule has 2 aromatic carbocycles. The molecule has 1 aliphatic rings. The number of rotatable bonds is 3. The number of hydrogen-bond acceptors (Lipinski definition) is 2. The van der Waals surface area contributed by atoms with E-state index in [0.29, 0.717) is 18.7 Å². The lowest BCUT2D eigenvalue weighted by atomic mass is 10.1. The van der Waals surface area contributed by atoms with Crippen LogP contribution in [0.25, 0.3) is 0 Å². The van der Waals surface area contributed by atoms with Gasteiger partial charge in [0.2, 0.25) is 11.8 Å². The van der Waals surface area contributed by atoms with Crippen molar-refractivity contribution in [2.75, 3.05) is 16.8 Å². The van der Waals surface area contributed by atoms with Gasteiger partial charge in [0, 0.05) is 12.2 Å². The van der Waals surface area contributed by atoms with Crippen LogP contribution in [-0.4, -0.2) is 18.4 Å². The molecule has 1 saturated heterocycles. The summed E-state index contributed by atoms with van der Waals surface area (Å²) in [4.78, 5) is 26.5. The number of aryl methyl sites for hydroxylation is 3. The normalized spacial score (nSPS) is 17.0. The molecule has 130 valence electrons. The molecule has 2 aromatic rings. The third-order valence-corrected chi connectivity index (χ3v) is 4.69. The largest absolute Gasteiger partial charge is 0.325 e. The Bertz CT molecular complexity index is 848. The molecule has 3 rings (SSSR count). The van der Waals surface area contributed by atoms with Gasteiger partial charge in [-0.1, -0.05) is 12.1 Å². The standard InChI is InChI=1S/C20H21FN2O2/c1-12-4-7-17(21)18(10-12)23-9-8-16(20(23)25)19(24)22-15-6-5-13(2)14(3)11-15/h4-7,10-11,16H,8-9H2,1-3H3,(H,22,24)/t16-/m1/s1. The van der Waals surface area contributed by atoms with E-state index in [-0.39, 0.29) is 17.5 Å². The summed E-state index contributed by atoms with van der Waals surface area (Å²) in [6, 6.07) is 10.3. The van der Waals surface area contributed by atoms with Crippen molar-refractivity contribution in [1.29, 1.82) is 0 Å².